The number of halogens is 1. The van der Waals surface area contributed by atoms with E-state index < -0.39 is 15.9 Å². The first-order valence-electron chi connectivity index (χ1n) is 9.54. The zero-order chi connectivity index (χ0) is 21.3. The van der Waals surface area contributed by atoms with Gasteiger partial charge < -0.3 is 9.64 Å². The Morgan fingerprint density at radius 1 is 1.28 bits per heavy atom. The van der Waals surface area contributed by atoms with E-state index in [9.17, 15) is 13.2 Å². The smallest absolute Gasteiger partial charge is 0.263 e. The van der Waals surface area contributed by atoms with Gasteiger partial charge in [0.25, 0.3) is 5.91 Å². The van der Waals surface area contributed by atoms with Gasteiger partial charge in [-0.15, -0.1) is 11.3 Å². The Bertz CT molecular complexity index is 992. The number of hydrogen-bond donors (Lipinski definition) is 0. The summed E-state index contributed by atoms with van der Waals surface area (Å²) in [7, 11) is -3.11. The fourth-order valence-corrected chi connectivity index (χ4v) is 6.34. The van der Waals surface area contributed by atoms with E-state index in [1.165, 1.54) is 0 Å². The normalized spacial score (nSPS) is 19.1. The van der Waals surface area contributed by atoms with Crippen molar-refractivity contribution in [3.05, 3.63) is 50.2 Å². The van der Waals surface area contributed by atoms with E-state index in [0.717, 1.165) is 21.6 Å². The lowest BCUT2D eigenvalue weighted by atomic mass is 10.1. The maximum atomic E-state index is 13.3. The maximum absolute atomic E-state index is 13.3. The molecule has 1 fully saturated rings. The minimum atomic E-state index is -3.11. The predicted octanol–water partition coefficient (Wildman–Crippen LogP) is 4.31. The molecule has 1 aliphatic rings. The molecule has 3 rings (SSSR count). The highest BCUT2D eigenvalue weighted by Gasteiger charge is 2.37. The van der Waals surface area contributed by atoms with E-state index in [1.807, 2.05) is 44.4 Å². The van der Waals surface area contributed by atoms with Gasteiger partial charge >= 0.3 is 0 Å². The minimum Gasteiger partial charge on any atom is -0.481 e. The van der Waals surface area contributed by atoms with E-state index in [-0.39, 0.29) is 23.5 Å². The van der Waals surface area contributed by atoms with E-state index in [0.29, 0.717) is 23.7 Å². The van der Waals surface area contributed by atoms with Gasteiger partial charge in [-0.3, -0.25) is 4.79 Å². The van der Waals surface area contributed by atoms with Crippen LogP contribution in [0.4, 0.5) is 0 Å². The molecule has 0 aliphatic carbocycles. The van der Waals surface area contributed by atoms with Gasteiger partial charge in [0.2, 0.25) is 0 Å². The van der Waals surface area contributed by atoms with Gasteiger partial charge in [0.05, 0.1) is 18.1 Å². The molecule has 0 saturated carbocycles. The monoisotopic (exact) mass is 455 g/mol. The largest absolute Gasteiger partial charge is 0.481 e. The highest BCUT2D eigenvalue weighted by molar-refractivity contribution is 7.91. The van der Waals surface area contributed by atoms with Crippen LogP contribution >= 0.6 is 22.9 Å². The van der Waals surface area contributed by atoms with E-state index >= 15 is 0 Å². The van der Waals surface area contributed by atoms with Crippen LogP contribution in [0.2, 0.25) is 5.02 Å². The van der Waals surface area contributed by atoms with Crippen molar-refractivity contribution in [2.75, 3.05) is 11.5 Å². The van der Waals surface area contributed by atoms with E-state index in [4.69, 9.17) is 16.3 Å². The maximum Gasteiger partial charge on any atom is 0.263 e. The second-order valence-electron chi connectivity index (χ2n) is 7.68. The predicted molar refractivity (Wildman–Crippen MR) is 118 cm³/mol. The molecule has 0 bridgehead atoms. The average molecular weight is 456 g/mol. The molecular formula is C21H26ClNO4S2. The number of sulfone groups is 1. The molecule has 1 aliphatic heterocycles. The molecule has 1 aromatic heterocycles. The lowest BCUT2D eigenvalue weighted by Crippen LogP contribution is -2.46. The number of aryl methyl sites for hydroxylation is 3. The first-order valence-corrected chi connectivity index (χ1v) is 12.6. The van der Waals surface area contributed by atoms with Gasteiger partial charge in [0.1, 0.15) is 5.75 Å². The first-order chi connectivity index (χ1) is 13.6. The number of carbonyl (C=O) groups excluding carboxylic acids is 1. The van der Waals surface area contributed by atoms with E-state index in [1.54, 1.807) is 23.2 Å². The summed E-state index contributed by atoms with van der Waals surface area (Å²) in [4.78, 5) is 16.1. The van der Waals surface area contributed by atoms with Gasteiger partial charge in [-0.25, -0.2) is 8.42 Å². The molecule has 0 N–H and O–H groups in total. The highest BCUT2D eigenvalue weighted by atomic mass is 35.5. The summed E-state index contributed by atoms with van der Waals surface area (Å²) in [6, 6.07) is 5.31. The Kier molecular flexibility index (Phi) is 6.61. The van der Waals surface area contributed by atoms with Crippen molar-refractivity contribution in [1.29, 1.82) is 0 Å². The minimum absolute atomic E-state index is 0.00897. The molecule has 1 saturated heterocycles. The number of amides is 1. The van der Waals surface area contributed by atoms with Gasteiger partial charge in [-0.05, 0) is 74.4 Å². The van der Waals surface area contributed by atoms with Crippen molar-refractivity contribution in [2.24, 2.45) is 0 Å². The number of thiophene rings is 1. The summed E-state index contributed by atoms with van der Waals surface area (Å²) in [5.41, 5.74) is 2.87. The van der Waals surface area contributed by atoms with Crippen molar-refractivity contribution >= 4 is 38.7 Å². The molecule has 0 spiro atoms. The van der Waals surface area contributed by atoms with Crippen molar-refractivity contribution in [2.45, 2.75) is 52.8 Å². The molecule has 1 aromatic carbocycles. The Labute approximate surface area is 181 Å². The number of rotatable bonds is 6. The Hall–Kier alpha value is -1.57. The van der Waals surface area contributed by atoms with Crippen LogP contribution in [0.1, 0.15) is 34.9 Å². The summed E-state index contributed by atoms with van der Waals surface area (Å²) in [5.74, 6) is 0.506. The second-order valence-corrected chi connectivity index (χ2v) is 11.3. The van der Waals surface area contributed by atoms with Gasteiger partial charge in [0, 0.05) is 15.9 Å². The third-order valence-corrected chi connectivity index (χ3v) is 8.64. The quantitative estimate of drug-likeness (QED) is 0.651. The SMILES string of the molecule is Cc1ccsc1CN(C(=O)[C@H](C)Oc1cc(C)c(Cl)c(C)c1)[C@H]1CCS(=O)(=O)C1. The summed E-state index contributed by atoms with van der Waals surface area (Å²) in [6.45, 7) is 7.89. The molecule has 2 aromatic rings. The highest BCUT2D eigenvalue weighted by Crippen LogP contribution is 2.28. The molecule has 5 nitrogen and oxygen atoms in total. The first kappa shape index (κ1) is 22.1. The zero-order valence-corrected chi connectivity index (χ0v) is 19.5. The number of carbonyl (C=O) groups is 1. The molecule has 0 radical (unpaired) electrons. The lowest BCUT2D eigenvalue weighted by molar-refractivity contribution is -0.140. The molecule has 158 valence electrons. The molecule has 29 heavy (non-hydrogen) atoms. The van der Waals surface area contributed by atoms with Crippen molar-refractivity contribution in [1.82, 2.24) is 4.90 Å². The average Bonchev–Trinajstić information content (AvgIpc) is 3.21. The molecule has 1 amide bonds. The summed E-state index contributed by atoms with van der Waals surface area (Å²) >= 11 is 7.80. The summed E-state index contributed by atoms with van der Waals surface area (Å²) in [5, 5.41) is 2.67. The Morgan fingerprint density at radius 2 is 1.93 bits per heavy atom. The fraction of sp³-hybridized carbons (Fsp3) is 0.476. The number of benzene rings is 1. The van der Waals surface area contributed by atoms with Crippen LogP contribution in [0.3, 0.4) is 0 Å². The standard InChI is InChI=1S/C21H26ClNO4S2/c1-13-5-7-28-19(13)11-23(17-6-8-29(25,26)12-17)21(24)16(4)27-18-9-14(2)20(22)15(3)10-18/h5,7,9-10,16-17H,6,8,11-12H2,1-4H3/t16-,17-/m0/s1. The molecule has 0 unspecified atom stereocenters. The van der Waals surface area contributed by atoms with Crippen LogP contribution in [0.15, 0.2) is 23.6 Å². The second kappa shape index (κ2) is 8.66. The van der Waals surface area contributed by atoms with Crippen LogP contribution in [0.5, 0.6) is 5.75 Å². The number of nitrogens with zero attached hydrogens (tertiary/aromatic N) is 1. The number of hydrogen-bond acceptors (Lipinski definition) is 5. The molecule has 2 atom stereocenters. The molecule has 8 heteroatoms. The fourth-order valence-electron chi connectivity index (χ4n) is 3.59. The Balaban J connectivity index is 1.82. The topological polar surface area (TPSA) is 63.7 Å². The third kappa shape index (κ3) is 5.13. The summed E-state index contributed by atoms with van der Waals surface area (Å²) in [6.07, 6.45) is -0.275. The van der Waals surface area contributed by atoms with Crippen LogP contribution < -0.4 is 4.74 Å². The lowest BCUT2D eigenvalue weighted by Gasteiger charge is -2.31. The van der Waals surface area contributed by atoms with Crippen molar-refractivity contribution < 1.29 is 17.9 Å². The van der Waals surface area contributed by atoms with Crippen LogP contribution in [-0.4, -0.2) is 42.9 Å². The zero-order valence-electron chi connectivity index (χ0n) is 17.1. The van der Waals surface area contributed by atoms with Gasteiger partial charge in [-0.2, -0.15) is 0 Å². The number of ether oxygens (including phenoxy) is 1. The molecule has 2 heterocycles. The third-order valence-electron chi connectivity index (χ3n) is 5.28. The van der Waals surface area contributed by atoms with Gasteiger partial charge in [0.15, 0.2) is 15.9 Å². The molecular weight excluding hydrogens is 430 g/mol. The van der Waals surface area contributed by atoms with Crippen molar-refractivity contribution in [3.63, 3.8) is 0 Å². The van der Waals surface area contributed by atoms with E-state index in [2.05, 4.69) is 0 Å². The van der Waals surface area contributed by atoms with Crippen LogP contribution in [0.25, 0.3) is 0 Å². The van der Waals surface area contributed by atoms with Crippen LogP contribution in [0, 0.1) is 20.8 Å². The van der Waals surface area contributed by atoms with Crippen molar-refractivity contribution in [3.8, 4) is 5.75 Å². The van der Waals surface area contributed by atoms with Gasteiger partial charge in [-0.1, -0.05) is 11.6 Å². The van der Waals surface area contributed by atoms with Crippen LogP contribution in [-0.2, 0) is 21.2 Å². The summed E-state index contributed by atoms with van der Waals surface area (Å²) < 4.78 is 30.0. The Morgan fingerprint density at radius 3 is 2.45 bits per heavy atom.